The van der Waals surface area contributed by atoms with E-state index in [1.165, 1.54) is 13.4 Å². The first kappa shape index (κ1) is 12.3. The fraction of sp³-hybridized carbons (Fsp3) is 0.364. The van der Waals surface area contributed by atoms with E-state index < -0.39 is 5.54 Å². The number of carbonyl (C=O) groups is 1. The Morgan fingerprint density at radius 1 is 1.53 bits per heavy atom. The Balaban J connectivity index is 2.68. The number of carbonyl (C=O) groups excluding carboxylic acids is 1. The van der Waals surface area contributed by atoms with E-state index in [1.807, 2.05) is 10.8 Å². The number of methoxy groups -OCH3 is 1. The Kier molecular flexibility index (Phi) is 3.07. The average molecular weight is 345 g/mol. The van der Waals surface area contributed by atoms with Crippen LogP contribution in [0.25, 0.3) is 11.0 Å². The van der Waals surface area contributed by atoms with Gasteiger partial charge in [-0.15, -0.1) is 0 Å². The van der Waals surface area contributed by atoms with Crippen molar-refractivity contribution in [2.75, 3.05) is 7.11 Å². The number of halogens is 1. The van der Waals surface area contributed by atoms with E-state index in [9.17, 15) is 4.79 Å². The van der Waals surface area contributed by atoms with Gasteiger partial charge >= 0.3 is 5.97 Å². The summed E-state index contributed by atoms with van der Waals surface area (Å²) >= 11 is 2.20. The predicted octanol–water partition coefficient (Wildman–Crippen LogP) is 1.94. The molecule has 0 atom stereocenters. The molecule has 0 saturated carbocycles. The molecule has 0 fully saturated rings. The van der Waals surface area contributed by atoms with Crippen molar-refractivity contribution in [2.24, 2.45) is 0 Å². The molecule has 6 heteroatoms. The minimum Gasteiger partial charge on any atom is -0.467 e. The summed E-state index contributed by atoms with van der Waals surface area (Å²) < 4.78 is 7.65. The van der Waals surface area contributed by atoms with Crippen molar-refractivity contribution in [1.29, 1.82) is 0 Å². The van der Waals surface area contributed by atoms with Crippen molar-refractivity contribution in [1.82, 2.24) is 14.5 Å². The van der Waals surface area contributed by atoms with Gasteiger partial charge < -0.3 is 9.30 Å². The monoisotopic (exact) mass is 345 g/mol. The number of aromatic nitrogens is 3. The summed E-state index contributed by atoms with van der Waals surface area (Å²) in [7, 11) is 1.38. The number of nitrogens with zero attached hydrogens (tertiary/aromatic N) is 3. The Bertz CT molecular complexity index is 577. The van der Waals surface area contributed by atoms with E-state index in [-0.39, 0.29) is 5.97 Å². The molecule has 2 aromatic rings. The van der Waals surface area contributed by atoms with E-state index in [1.54, 1.807) is 20.0 Å². The molecule has 0 aromatic carbocycles. The lowest BCUT2D eigenvalue weighted by molar-refractivity contribution is -0.149. The number of ether oxygens (including phenoxy) is 1. The van der Waals surface area contributed by atoms with E-state index in [4.69, 9.17) is 4.74 Å². The standard InChI is InChI=1S/C11H12IN3O2/c1-11(2,10(16)17-3)15-5-8(12)7-4-13-6-14-9(7)15/h4-6H,1-3H3. The molecule has 90 valence electrons. The molecule has 0 bridgehead atoms. The summed E-state index contributed by atoms with van der Waals surface area (Å²) in [4.78, 5) is 20.0. The maximum atomic E-state index is 11.8. The predicted molar refractivity (Wildman–Crippen MR) is 71.6 cm³/mol. The van der Waals surface area contributed by atoms with Gasteiger partial charge in [0.25, 0.3) is 0 Å². The average Bonchev–Trinajstić information content (AvgIpc) is 2.67. The van der Waals surface area contributed by atoms with Crippen molar-refractivity contribution in [3.05, 3.63) is 22.3 Å². The number of hydrogen-bond donors (Lipinski definition) is 0. The van der Waals surface area contributed by atoms with Gasteiger partial charge in [-0.2, -0.15) is 0 Å². The maximum absolute atomic E-state index is 11.8. The Hall–Kier alpha value is -1.18. The smallest absolute Gasteiger partial charge is 0.331 e. The largest absolute Gasteiger partial charge is 0.467 e. The molecule has 0 amide bonds. The van der Waals surface area contributed by atoms with Crippen LogP contribution in [0.15, 0.2) is 18.7 Å². The Morgan fingerprint density at radius 2 is 2.24 bits per heavy atom. The SMILES string of the molecule is COC(=O)C(C)(C)n1cc(I)c2cncnc21. The lowest BCUT2D eigenvalue weighted by Crippen LogP contribution is -2.36. The molecule has 5 nitrogen and oxygen atoms in total. The van der Waals surface area contributed by atoms with Crippen LogP contribution in [0.1, 0.15) is 13.8 Å². The summed E-state index contributed by atoms with van der Waals surface area (Å²) in [6, 6.07) is 0. The van der Waals surface area contributed by atoms with Gasteiger partial charge in [0.15, 0.2) is 0 Å². The normalized spacial score (nSPS) is 11.8. The zero-order valence-corrected chi connectivity index (χ0v) is 11.9. The van der Waals surface area contributed by atoms with Crippen LogP contribution in [0.4, 0.5) is 0 Å². The third-order valence-corrected chi connectivity index (χ3v) is 3.57. The van der Waals surface area contributed by atoms with E-state index in [0.29, 0.717) is 0 Å². The fourth-order valence-electron chi connectivity index (χ4n) is 1.70. The third kappa shape index (κ3) is 1.90. The van der Waals surface area contributed by atoms with Gasteiger partial charge in [-0.25, -0.2) is 14.8 Å². The molecule has 2 heterocycles. The number of esters is 1. The number of rotatable bonds is 2. The molecule has 0 N–H and O–H groups in total. The molecule has 2 rings (SSSR count). The molecule has 0 radical (unpaired) electrons. The first-order valence-electron chi connectivity index (χ1n) is 5.04. The van der Waals surface area contributed by atoms with Crippen molar-refractivity contribution >= 4 is 39.6 Å². The van der Waals surface area contributed by atoms with Crippen molar-refractivity contribution in [3.63, 3.8) is 0 Å². The molecular formula is C11H12IN3O2. The van der Waals surface area contributed by atoms with Crippen LogP contribution in [-0.2, 0) is 15.1 Å². The van der Waals surface area contributed by atoms with Gasteiger partial charge in [0.2, 0.25) is 0 Å². The molecule has 0 aliphatic rings. The molecule has 0 spiro atoms. The van der Waals surface area contributed by atoms with Gasteiger partial charge in [-0.3, -0.25) is 0 Å². The highest BCUT2D eigenvalue weighted by molar-refractivity contribution is 14.1. The van der Waals surface area contributed by atoms with E-state index >= 15 is 0 Å². The van der Waals surface area contributed by atoms with E-state index in [0.717, 1.165) is 14.6 Å². The van der Waals surface area contributed by atoms with Crippen LogP contribution in [-0.4, -0.2) is 27.6 Å². The number of hydrogen-bond acceptors (Lipinski definition) is 4. The van der Waals surface area contributed by atoms with Crippen molar-refractivity contribution < 1.29 is 9.53 Å². The highest BCUT2D eigenvalue weighted by Crippen LogP contribution is 2.27. The Labute approximate surface area is 112 Å². The van der Waals surface area contributed by atoms with Crippen molar-refractivity contribution in [2.45, 2.75) is 19.4 Å². The van der Waals surface area contributed by atoms with Gasteiger partial charge in [-0.05, 0) is 36.4 Å². The summed E-state index contributed by atoms with van der Waals surface area (Å²) in [5.74, 6) is -0.301. The molecule has 0 aliphatic carbocycles. The fourth-order valence-corrected chi connectivity index (χ4v) is 2.36. The van der Waals surface area contributed by atoms with Gasteiger partial charge in [0.05, 0.1) is 12.5 Å². The lowest BCUT2D eigenvalue weighted by atomic mass is 10.1. The van der Waals surface area contributed by atoms with Crippen LogP contribution >= 0.6 is 22.6 Å². The van der Waals surface area contributed by atoms with E-state index in [2.05, 4.69) is 32.6 Å². The molecule has 17 heavy (non-hydrogen) atoms. The van der Waals surface area contributed by atoms with Crippen LogP contribution in [0, 0.1) is 3.57 Å². The summed E-state index contributed by atoms with van der Waals surface area (Å²) in [6.45, 7) is 3.60. The molecular weight excluding hydrogens is 333 g/mol. The molecule has 0 aliphatic heterocycles. The second-order valence-electron chi connectivity index (χ2n) is 4.16. The highest BCUT2D eigenvalue weighted by Gasteiger charge is 2.32. The van der Waals surface area contributed by atoms with Gasteiger partial charge in [0, 0.05) is 16.0 Å². The third-order valence-electron chi connectivity index (χ3n) is 2.71. The number of fused-ring (bicyclic) bond motifs is 1. The summed E-state index contributed by atoms with van der Waals surface area (Å²) in [5, 5.41) is 0.935. The van der Waals surface area contributed by atoms with Gasteiger partial charge in [0.1, 0.15) is 17.5 Å². The van der Waals surface area contributed by atoms with Crippen molar-refractivity contribution in [3.8, 4) is 0 Å². The Morgan fingerprint density at radius 3 is 2.88 bits per heavy atom. The maximum Gasteiger partial charge on any atom is 0.331 e. The summed E-state index contributed by atoms with van der Waals surface area (Å²) in [6.07, 6.45) is 5.10. The minimum absolute atomic E-state index is 0.301. The topological polar surface area (TPSA) is 57.0 Å². The van der Waals surface area contributed by atoms with Crippen LogP contribution in [0.2, 0.25) is 0 Å². The zero-order valence-electron chi connectivity index (χ0n) is 9.77. The van der Waals surface area contributed by atoms with Crippen LogP contribution in [0.5, 0.6) is 0 Å². The zero-order chi connectivity index (χ0) is 12.6. The molecule has 0 saturated heterocycles. The van der Waals surface area contributed by atoms with Gasteiger partial charge in [-0.1, -0.05) is 0 Å². The second kappa shape index (κ2) is 4.25. The van der Waals surface area contributed by atoms with Crippen LogP contribution < -0.4 is 0 Å². The summed E-state index contributed by atoms with van der Waals surface area (Å²) in [5.41, 5.74) is -0.0510. The first-order valence-corrected chi connectivity index (χ1v) is 6.12. The minimum atomic E-state index is -0.787. The van der Waals surface area contributed by atoms with Crippen LogP contribution in [0.3, 0.4) is 0 Å². The lowest BCUT2D eigenvalue weighted by Gasteiger charge is -2.24. The highest BCUT2D eigenvalue weighted by atomic mass is 127. The molecule has 0 unspecified atom stereocenters. The second-order valence-corrected chi connectivity index (χ2v) is 5.32. The first-order chi connectivity index (χ1) is 7.98. The molecule has 2 aromatic heterocycles. The quantitative estimate of drug-likeness (QED) is 0.617.